The highest BCUT2D eigenvalue weighted by atomic mass is 16.5. The van der Waals surface area contributed by atoms with E-state index in [1.54, 1.807) is 26.4 Å². The van der Waals surface area contributed by atoms with Gasteiger partial charge >= 0.3 is 0 Å². The molecule has 1 fully saturated rings. The second kappa shape index (κ2) is 6.43. The van der Waals surface area contributed by atoms with Crippen LogP contribution in [0.2, 0.25) is 0 Å². The molecule has 1 heterocycles. The molecule has 0 saturated carbocycles. The summed E-state index contributed by atoms with van der Waals surface area (Å²) < 4.78 is 10.4. The maximum Gasteiger partial charge on any atom is 0.228 e. The van der Waals surface area contributed by atoms with Crippen molar-refractivity contribution < 1.29 is 14.3 Å². The van der Waals surface area contributed by atoms with Crippen molar-refractivity contribution in [2.24, 2.45) is 5.92 Å². The lowest BCUT2D eigenvalue weighted by Gasteiger charge is -2.22. The van der Waals surface area contributed by atoms with Crippen LogP contribution in [0.15, 0.2) is 18.2 Å². The molecule has 1 amide bonds. The van der Waals surface area contributed by atoms with Gasteiger partial charge in [0.25, 0.3) is 0 Å². The maximum absolute atomic E-state index is 12.1. The van der Waals surface area contributed by atoms with Crippen LogP contribution in [0.25, 0.3) is 0 Å². The predicted octanol–water partition coefficient (Wildman–Crippen LogP) is 1.64. The second-order valence-corrected chi connectivity index (χ2v) is 4.60. The summed E-state index contributed by atoms with van der Waals surface area (Å²) in [5.74, 6) is 1.36. The molecular weight excluding hydrogens is 244 g/mol. The number of rotatable bonds is 4. The third kappa shape index (κ3) is 3.38. The number of piperidine rings is 1. The Kier molecular flexibility index (Phi) is 4.63. The highest BCUT2D eigenvalue weighted by Crippen LogP contribution is 2.30. The van der Waals surface area contributed by atoms with Gasteiger partial charge in [-0.15, -0.1) is 0 Å². The minimum absolute atomic E-state index is 0.0434. The van der Waals surface area contributed by atoms with Gasteiger partial charge in [0.1, 0.15) is 0 Å². The summed E-state index contributed by atoms with van der Waals surface area (Å²) in [6, 6.07) is 5.37. The minimum Gasteiger partial charge on any atom is -0.493 e. The highest BCUT2D eigenvalue weighted by molar-refractivity contribution is 5.93. The van der Waals surface area contributed by atoms with Crippen LogP contribution in [0.1, 0.15) is 12.8 Å². The third-order valence-corrected chi connectivity index (χ3v) is 3.32. The smallest absolute Gasteiger partial charge is 0.228 e. The number of anilines is 1. The van der Waals surface area contributed by atoms with E-state index in [-0.39, 0.29) is 11.8 Å². The van der Waals surface area contributed by atoms with Crippen molar-refractivity contribution in [1.82, 2.24) is 5.32 Å². The van der Waals surface area contributed by atoms with Crippen LogP contribution in [-0.2, 0) is 4.79 Å². The van der Waals surface area contributed by atoms with Gasteiger partial charge in [0.05, 0.1) is 20.1 Å². The summed E-state index contributed by atoms with van der Waals surface area (Å²) in [6.07, 6.45) is 1.98. The molecule has 104 valence electrons. The Morgan fingerprint density at radius 2 is 2.11 bits per heavy atom. The zero-order valence-electron chi connectivity index (χ0n) is 11.4. The number of carbonyl (C=O) groups excluding carboxylic acids is 1. The van der Waals surface area contributed by atoms with Crippen molar-refractivity contribution in [3.63, 3.8) is 0 Å². The molecule has 1 aromatic rings. The van der Waals surface area contributed by atoms with Crippen LogP contribution in [0.3, 0.4) is 0 Å². The van der Waals surface area contributed by atoms with Gasteiger partial charge in [-0.05, 0) is 31.5 Å². The number of methoxy groups -OCH3 is 2. The topological polar surface area (TPSA) is 59.6 Å². The monoisotopic (exact) mass is 264 g/mol. The van der Waals surface area contributed by atoms with E-state index in [0.29, 0.717) is 11.5 Å². The molecule has 0 aliphatic carbocycles. The number of hydrogen-bond acceptors (Lipinski definition) is 4. The molecule has 2 rings (SSSR count). The Labute approximate surface area is 113 Å². The van der Waals surface area contributed by atoms with Crippen molar-refractivity contribution in [1.29, 1.82) is 0 Å². The summed E-state index contributed by atoms with van der Waals surface area (Å²) >= 11 is 0. The van der Waals surface area contributed by atoms with E-state index in [1.165, 1.54) is 0 Å². The first-order chi connectivity index (χ1) is 9.24. The summed E-state index contributed by atoms with van der Waals surface area (Å²) in [4.78, 5) is 12.1. The number of carbonyl (C=O) groups is 1. The quantitative estimate of drug-likeness (QED) is 0.868. The molecule has 5 nitrogen and oxygen atoms in total. The predicted molar refractivity (Wildman–Crippen MR) is 73.8 cm³/mol. The second-order valence-electron chi connectivity index (χ2n) is 4.60. The molecule has 0 aromatic heterocycles. The lowest BCUT2D eigenvalue weighted by atomic mass is 9.99. The van der Waals surface area contributed by atoms with Crippen molar-refractivity contribution >= 4 is 11.6 Å². The average Bonchev–Trinajstić information content (AvgIpc) is 2.48. The van der Waals surface area contributed by atoms with Crippen molar-refractivity contribution in [3.05, 3.63) is 18.2 Å². The molecular formula is C14H20N2O3. The van der Waals surface area contributed by atoms with E-state index in [2.05, 4.69) is 10.6 Å². The Balaban J connectivity index is 2.03. The van der Waals surface area contributed by atoms with E-state index < -0.39 is 0 Å². The fraction of sp³-hybridized carbons (Fsp3) is 0.500. The van der Waals surface area contributed by atoms with Gasteiger partial charge < -0.3 is 20.1 Å². The molecule has 5 heteroatoms. The molecule has 0 bridgehead atoms. The summed E-state index contributed by atoms with van der Waals surface area (Å²) in [6.45, 7) is 1.75. The summed E-state index contributed by atoms with van der Waals surface area (Å²) in [5.41, 5.74) is 0.730. The number of benzene rings is 1. The molecule has 1 saturated heterocycles. The molecule has 1 aliphatic heterocycles. The van der Waals surface area contributed by atoms with Crippen LogP contribution in [-0.4, -0.2) is 33.2 Å². The van der Waals surface area contributed by atoms with Gasteiger partial charge in [-0.3, -0.25) is 4.79 Å². The fourth-order valence-corrected chi connectivity index (χ4v) is 2.23. The van der Waals surface area contributed by atoms with E-state index in [1.807, 2.05) is 6.07 Å². The van der Waals surface area contributed by atoms with Gasteiger partial charge in [0.15, 0.2) is 11.5 Å². The van der Waals surface area contributed by atoms with E-state index in [0.717, 1.165) is 31.6 Å². The average molecular weight is 264 g/mol. The zero-order valence-corrected chi connectivity index (χ0v) is 11.4. The van der Waals surface area contributed by atoms with Gasteiger partial charge in [0, 0.05) is 18.3 Å². The van der Waals surface area contributed by atoms with Crippen LogP contribution in [0.4, 0.5) is 5.69 Å². The van der Waals surface area contributed by atoms with Gasteiger partial charge in [-0.2, -0.15) is 0 Å². The van der Waals surface area contributed by atoms with Gasteiger partial charge in [0.2, 0.25) is 5.91 Å². The van der Waals surface area contributed by atoms with Crippen LogP contribution < -0.4 is 20.1 Å². The molecule has 1 aromatic carbocycles. The van der Waals surface area contributed by atoms with Crippen molar-refractivity contribution in [2.75, 3.05) is 32.6 Å². The van der Waals surface area contributed by atoms with E-state index in [9.17, 15) is 4.79 Å². The lowest BCUT2D eigenvalue weighted by molar-refractivity contribution is -0.120. The normalized spacial score (nSPS) is 18.7. The highest BCUT2D eigenvalue weighted by Gasteiger charge is 2.21. The van der Waals surface area contributed by atoms with E-state index >= 15 is 0 Å². The Hall–Kier alpha value is -1.75. The molecule has 1 aliphatic rings. The van der Waals surface area contributed by atoms with Crippen LogP contribution in [0, 0.1) is 5.92 Å². The molecule has 0 unspecified atom stereocenters. The summed E-state index contributed by atoms with van der Waals surface area (Å²) in [7, 11) is 3.16. The Morgan fingerprint density at radius 1 is 1.32 bits per heavy atom. The van der Waals surface area contributed by atoms with Gasteiger partial charge in [-0.1, -0.05) is 0 Å². The lowest BCUT2D eigenvalue weighted by Crippen LogP contribution is -2.37. The fourth-order valence-electron chi connectivity index (χ4n) is 2.23. The largest absolute Gasteiger partial charge is 0.493 e. The van der Waals surface area contributed by atoms with Crippen molar-refractivity contribution in [3.8, 4) is 11.5 Å². The first-order valence-electron chi connectivity index (χ1n) is 6.48. The minimum atomic E-state index is 0.0434. The first-order valence-corrected chi connectivity index (χ1v) is 6.48. The van der Waals surface area contributed by atoms with Crippen LogP contribution >= 0.6 is 0 Å². The molecule has 0 spiro atoms. The Morgan fingerprint density at radius 3 is 2.74 bits per heavy atom. The molecule has 1 atom stereocenters. The molecule has 0 radical (unpaired) electrons. The number of amides is 1. The first kappa shape index (κ1) is 13.7. The Bertz CT molecular complexity index is 442. The van der Waals surface area contributed by atoms with Gasteiger partial charge in [-0.25, -0.2) is 0 Å². The third-order valence-electron chi connectivity index (χ3n) is 3.32. The number of nitrogens with one attached hydrogen (secondary N) is 2. The number of hydrogen-bond donors (Lipinski definition) is 2. The van der Waals surface area contributed by atoms with Crippen LogP contribution in [0.5, 0.6) is 11.5 Å². The maximum atomic E-state index is 12.1. The standard InChI is InChI=1S/C14H20N2O3/c1-18-12-6-5-11(8-13(12)19-2)16-14(17)10-4-3-7-15-9-10/h5-6,8,10,15H,3-4,7,9H2,1-2H3,(H,16,17)/t10-/m0/s1. The van der Waals surface area contributed by atoms with E-state index in [4.69, 9.17) is 9.47 Å². The zero-order chi connectivity index (χ0) is 13.7. The molecule has 19 heavy (non-hydrogen) atoms. The summed E-state index contributed by atoms with van der Waals surface area (Å²) in [5, 5.41) is 6.16. The van der Waals surface area contributed by atoms with Crippen molar-refractivity contribution in [2.45, 2.75) is 12.8 Å². The molecule has 2 N–H and O–H groups in total. The SMILES string of the molecule is COc1ccc(NC(=O)[C@H]2CCCNC2)cc1OC. The number of ether oxygens (including phenoxy) is 2.